The number of piperazine rings is 1. The van der Waals surface area contributed by atoms with E-state index in [4.69, 9.17) is 0 Å². The van der Waals surface area contributed by atoms with Gasteiger partial charge in [-0.25, -0.2) is 0 Å². The van der Waals surface area contributed by atoms with Crippen LogP contribution in [0.3, 0.4) is 0 Å². The highest BCUT2D eigenvalue weighted by atomic mass is 15.2. The highest BCUT2D eigenvalue weighted by molar-refractivity contribution is 5.50. The third-order valence-electron chi connectivity index (χ3n) is 8.52. The number of anilines is 1. The maximum Gasteiger partial charge on any atom is 0.0367 e. The maximum absolute atomic E-state index is 2.56. The molecule has 2 aromatic rings. The number of fused-ring (bicyclic) bond motifs is 2. The van der Waals surface area contributed by atoms with E-state index in [1.807, 2.05) is 13.8 Å². The fourth-order valence-electron chi connectivity index (χ4n) is 7.62. The molecule has 0 radical (unpaired) electrons. The molecule has 2 aromatic carbocycles. The van der Waals surface area contributed by atoms with Crippen LogP contribution in [0, 0.1) is 23.2 Å². The van der Waals surface area contributed by atoms with Crippen molar-refractivity contribution in [3.05, 3.63) is 65.7 Å². The second-order valence-electron chi connectivity index (χ2n) is 11.2. The molecular formula is C31H46N2. The van der Waals surface area contributed by atoms with Gasteiger partial charge in [0.2, 0.25) is 0 Å². The molecule has 180 valence electrons. The van der Waals surface area contributed by atoms with Crippen molar-refractivity contribution in [1.29, 1.82) is 0 Å². The summed E-state index contributed by atoms with van der Waals surface area (Å²) in [7, 11) is 2.23. The number of hydrogen-bond donors (Lipinski definition) is 0. The van der Waals surface area contributed by atoms with Gasteiger partial charge in [0, 0.05) is 37.8 Å². The minimum absolute atomic E-state index is 0.413. The third kappa shape index (κ3) is 5.32. The number of benzene rings is 2. The van der Waals surface area contributed by atoms with Crippen LogP contribution in [0.2, 0.25) is 0 Å². The lowest BCUT2D eigenvalue weighted by Gasteiger charge is -2.54. The summed E-state index contributed by atoms with van der Waals surface area (Å²) in [5, 5.41) is 0. The fourth-order valence-corrected chi connectivity index (χ4v) is 7.62. The highest BCUT2D eigenvalue weighted by Crippen LogP contribution is 2.60. The quantitative estimate of drug-likeness (QED) is 0.481. The molecule has 2 aliphatic carbocycles. The maximum atomic E-state index is 2.56. The average molecular weight is 447 g/mol. The Morgan fingerprint density at radius 3 is 1.85 bits per heavy atom. The molecule has 3 unspecified atom stereocenters. The van der Waals surface area contributed by atoms with Gasteiger partial charge in [0.1, 0.15) is 0 Å². The first-order valence-electron chi connectivity index (χ1n) is 13.6. The molecule has 5 rings (SSSR count). The number of rotatable bonds is 4. The van der Waals surface area contributed by atoms with Crippen molar-refractivity contribution in [3.63, 3.8) is 0 Å². The molecule has 1 saturated heterocycles. The number of hydrogen-bond acceptors (Lipinski definition) is 2. The molecule has 0 spiro atoms. The van der Waals surface area contributed by atoms with E-state index in [1.165, 1.54) is 48.9 Å². The molecule has 0 aromatic heterocycles. The second-order valence-corrected chi connectivity index (χ2v) is 11.2. The van der Waals surface area contributed by atoms with Crippen LogP contribution in [-0.4, -0.2) is 38.1 Å². The monoisotopic (exact) mass is 446 g/mol. The summed E-state index contributed by atoms with van der Waals surface area (Å²) in [6, 6.07) is 21.2. The zero-order chi connectivity index (χ0) is 23.4. The summed E-state index contributed by atoms with van der Waals surface area (Å²) >= 11 is 0. The van der Waals surface area contributed by atoms with Crippen molar-refractivity contribution in [2.75, 3.05) is 38.1 Å². The average Bonchev–Trinajstić information content (AvgIpc) is 2.81. The Labute approximate surface area is 203 Å². The first-order valence-corrected chi connectivity index (χ1v) is 13.6. The lowest BCUT2D eigenvalue weighted by molar-refractivity contribution is 0.00519. The SMILES string of the molecule is CC.CC1CC2CC(C)CC(C(c3ccccc3)c3ccc(N4CCN(C)CC4)cc3)(C1)C2. The number of nitrogens with zero attached hydrogens (tertiary/aromatic N) is 2. The lowest BCUT2D eigenvalue weighted by Crippen LogP contribution is -2.44. The third-order valence-corrected chi connectivity index (χ3v) is 8.52. The van der Waals surface area contributed by atoms with Gasteiger partial charge in [-0.2, -0.15) is 0 Å². The standard InChI is InChI=1S/C29H40N2.C2H6/c1-22-17-24-18-23(2)20-29(19-22,21-24)28(25-7-5-4-6-8-25)26-9-11-27(12-10-26)31-15-13-30(3)14-16-31;1-2/h4-12,22-24,28H,13-21H2,1-3H3;1-2H3. The van der Waals surface area contributed by atoms with Crippen molar-refractivity contribution in [2.45, 2.75) is 65.7 Å². The zero-order valence-corrected chi connectivity index (χ0v) is 21.8. The van der Waals surface area contributed by atoms with Gasteiger partial charge < -0.3 is 9.80 Å². The summed E-state index contributed by atoms with van der Waals surface area (Å²) < 4.78 is 0. The number of likely N-dealkylation sites (N-methyl/N-ethyl adjacent to an activating group) is 1. The van der Waals surface area contributed by atoms with Gasteiger partial charge in [-0.1, -0.05) is 70.2 Å². The molecule has 3 aliphatic rings. The van der Waals surface area contributed by atoms with E-state index in [9.17, 15) is 0 Å². The van der Waals surface area contributed by atoms with E-state index < -0.39 is 0 Å². The molecule has 1 aliphatic heterocycles. The summed E-state index contributed by atoms with van der Waals surface area (Å²) in [5.74, 6) is 3.13. The normalized spacial score (nSPS) is 30.8. The molecule has 2 heteroatoms. The van der Waals surface area contributed by atoms with Crippen LogP contribution in [0.5, 0.6) is 0 Å². The highest BCUT2D eigenvalue weighted by Gasteiger charge is 2.49. The van der Waals surface area contributed by atoms with Crippen LogP contribution in [0.25, 0.3) is 0 Å². The fraction of sp³-hybridized carbons (Fsp3) is 0.613. The van der Waals surface area contributed by atoms with Crippen molar-refractivity contribution in [3.8, 4) is 0 Å². The van der Waals surface area contributed by atoms with E-state index in [2.05, 4.69) is 85.3 Å². The molecule has 2 nitrogen and oxygen atoms in total. The molecule has 3 fully saturated rings. The summed E-state index contributed by atoms with van der Waals surface area (Å²) in [6.45, 7) is 13.6. The van der Waals surface area contributed by atoms with Gasteiger partial charge in [-0.05, 0) is 85.6 Å². The smallest absolute Gasteiger partial charge is 0.0367 e. The summed E-state index contributed by atoms with van der Waals surface area (Å²) in [5.41, 5.74) is 4.87. The Kier molecular flexibility index (Phi) is 7.84. The van der Waals surface area contributed by atoms with Crippen LogP contribution in [0.4, 0.5) is 5.69 Å². The van der Waals surface area contributed by atoms with Crippen molar-refractivity contribution >= 4 is 5.69 Å². The Hall–Kier alpha value is -1.80. The predicted molar refractivity (Wildman–Crippen MR) is 143 cm³/mol. The summed E-state index contributed by atoms with van der Waals surface area (Å²) in [4.78, 5) is 4.99. The van der Waals surface area contributed by atoms with Crippen LogP contribution in [-0.2, 0) is 0 Å². The van der Waals surface area contributed by atoms with Crippen molar-refractivity contribution < 1.29 is 0 Å². The van der Waals surface area contributed by atoms with E-state index >= 15 is 0 Å². The van der Waals surface area contributed by atoms with E-state index in [1.54, 1.807) is 0 Å². The molecule has 0 N–H and O–H groups in total. The summed E-state index contributed by atoms with van der Waals surface area (Å²) in [6.07, 6.45) is 7.06. The molecule has 2 bridgehead atoms. The minimum atomic E-state index is 0.413. The Bertz CT molecular complexity index is 831. The Balaban J connectivity index is 0.00000126. The predicted octanol–water partition coefficient (Wildman–Crippen LogP) is 7.45. The topological polar surface area (TPSA) is 6.48 Å². The van der Waals surface area contributed by atoms with E-state index in [0.29, 0.717) is 11.3 Å². The van der Waals surface area contributed by atoms with Crippen molar-refractivity contribution in [2.24, 2.45) is 23.2 Å². The first-order chi connectivity index (χ1) is 16.0. The van der Waals surface area contributed by atoms with Crippen LogP contribution >= 0.6 is 0 Å². The van der Waals surface area contributed by atoms with Crippen LogP contribution in [0.15, 0.2) is 54.6 Å². The first kappa shape index (κ1) is 24.3. The van der Waals surface area contributed by atoms with Crippen molar-refractivity contribution in [1.82, 2.24) is 4.90 Å². The Morgan fingerprint density at radius 1 is 0.727 bits per heavy atom. The van der Waals surface area contributed by atoms with Gasteiger partial charge >= 0.3 is 0 Å². The minimum Gasteiger partial charge on any atom is -0.369 e. The van der Waals surface area contributed by atoms with Gasteiger partial charge in [-0.15, -0.1) is 0 Å². The lowest BCUT2D eigenvalue weighted by atomic mass is 9.50. The molecule has 1 heterocycles. The Morgan fingerprint density at radius 2 is 1.27 bits per heavy atom. The van der Waals surface area contributed by atoms with Gasteiger partial charge in [0.15, 0.2) is 0 Å². The van der Waals surface area contributed by atoms with Gasteiger partial charge in [-0.3, -0.25) is 0 Å². The van der Waals surface area contributed by atoms with E-state index in [0.717, 1.165) is 43.9 Å². The molecular weight excluding hydrogens is 400 g/mol. The van der Waals surface area contributed by atoms with Crippen LogP contribution < -0.4 is 4.90 Å². The molecule has 2 saturated carbocycles. The van der Waals surface area contributed by atoms with Gasteiger partial charge in [0.25, 0.3) is 0 Å². The molecule has 3 atom stereocenters. The second kappa shape index (κ2) is 10.6. The molecule has 33 heavy (non-hydrogen) atoms. The molecule has 0 amide bonds. The van der Waals surface area contributed by atoms with Crippen LogP contribution in [0.1, 0.15) is 76.8 Å². The zero-order valence-electron chi connectivity index (χ0n) is 21.8. The van der Waals surface area contributed by atoms with Gasteiger partial charge in [0.05, 0.1) is 0 Å². The van der Waals surface area contributed by atoms with E-state index in [-0.39, 0.29) is 0 Å². The largest absolute Gasteiger partial charge is 0.369 e.